The molecule has 0 heterocycles. The lowest BCUT2D eigenvalue weighted by atomic mass is 9.85. The molecule has 22 heavy (non-hydrogen) atoms. The zero-order valence-corrected chi connectivity index (χ0v) is 16.2. The van der Waals surface area contributed by atoms with Gasteiger partial charge >= 0.3 is 0 Å². The first-order valence-corrected chi connectivity index (χ1v) is 8.64. The van der Waals surface area contributed by atoms with Crippen LogP contribution >= 0.6 is 12.4 Å². The molecule has 0 aliphatic heterocycles. The maximum absolute atomic E-state index is 12.6. The van der Waals surface area contributed by atoms with E-state index < -0.39 is 15.6 Å². The summed E-state index contributed by atoms with van der Waals surface area (Å²) in [5.74, 6) is 0. The van der Waals surface area contributed by atoms with Gasteiger partial charge in [0, 0.05) is 12.1 Å². The van der Waals surface area contributed by atoms with Crippen LogP contribution in [0, 0.1) is 13.8 Å². The molecule has 1 aromatic carbocycles. The Morgan fingerprint density at radius 2 is 1.45 bits per heavy atom. The monoisotopic (exact) mass is 348 g/mol. The van der Waals surface area contributed by atoms with Crippen LogP contribution in [0.3, 0.4) is 0 Å². The van der Waals surface area contributed by atoms with E-state index in [-0.39, 0.29) is 24.4 Å². The fourth-order valence-electron chi connectivity index (χ4n) is 2.26. The Balaban J connectivity index is 0.00000441. The van der Waals surface area contributed by atoms with Gasteiger partial charge in [0.15, 0.2) is 0 Å². The highest BCUT2D eigenvalue weighted by Crippen LogP contribution is 2.29. The summed E-state index contributed by atoms with van der Waals surface area (Å²) in [5, 5.41) is 0. The van der Waals surface area contributed by atoms with Gasteiger partial charge in [-0.1, -0.05) is 32.9 Å². The van der Waals surface area contributed by atoms with Gasteiger partial charge in [0.25, 0.3) is 0 Å². The van der Waals surface area contributed by atoms with Crippen LogP contribution in [0.25, 0.3) is 0 Å². The summed E-state index contributed by atoms with van der Waals surface area (Å²) >= 11 is 0. The molecule has 4 nitrogen and oxygen atoms in total. The van der Waals surface area contributed by atoms with Crippen molar-refractivity contribution in [1.29, 1.82) is 0 Å². The van der Waals surface area contributed by atoms with Crippen LogP contribution in [-0.4, -0.2) is 20.5 Å². The van der Waals surface area contributed by atoms with E-state index in [0.717, 1.165) is 16.7 Å². The third-order valence-electron chi connectivity index (χ3n) is 3.52. The number of benzene rings is 1. The average Bonchev–Trinajstić information content (AvgIpc) is 2.24. The summed E-state index contributed by atoms with van der Waals surface area (Å²) < 4.78 is 28.0. The molecule has 0 aliphatic rings. The Morgan fingerprint density at radius 1 is 1.05 bits per heavy atom. The van der Waals surface area contributed by atoms with Crippen LogP contribution in [0.2, 0.25) is 0 Å². The van der Waals surface area contributed by atoms with Crippen molar-refractivity contribution in [3.8, 4) is 0 Å². The van der Waals surface area contributed by atoms with Crippen LogP contribution in [0.5, 0.6) is 0 Å². The highest BCUT2D eigenvalue weighted by Gasteiger charge is 2.28. The van der Waals surface area contributed by atoms with E-state index in [9.17, 15) is 8.42 Å². The molecule has 0 fully saturated rings. The SMILES string of the molecule is Cc1cc(C(C)(C)C)cc(C)c1S(=O)(=O)NC(C)(C)CN.Cl. The zero-order valence-electron chi connectivity index (χ0n) is 14.6. The summed E-state index contributed by atoms with van der Waals surface area (Å²) in [6.07, 6.45) is 0. The molecule has 0 amide bonds. The number of aryl methyl sites for hydroxylation is 2. The second kappa shape index (κ2) is 6.87. The largest absolute Gasteiger partial charge is 0.329 e. The van der Waals surface area contributed by atoms with Crippen molar-refractivity contribution >= 4 is 22.4 Å². The van der Waals surface area contributed by atoms with Gasteiger partial charge in [-0.15, -0.1) is 12.4 Å². The fourth-order valence-corrected chi connectivity index (χ4v) is 4.14. The first-order chi connectivity index (χ1) is 9.30. The Labute approximate surface area is 141 Å². The van der Waals surface area contributed by atoms with E-state index in [0.29, 0.717) is 4.90 Å². The Kier molecular flexibility index (Phi) is 6.68. The summed E-state index contributed by atoms with van der Waals surface area (Å²) in [6, 6.07) is 3.91. The van der Waals surface area contributed by atoms with Crippen molar-refractivity contribution in [2.45, 2.75) is 64.3 Å². The molecular weight excluding hydrogens is 320 g/mol. The maximum Gasteiger partial charge on any atom is 0.241 e. The quantitative estimate of drug-likeness (QED) is 0.878. The van der Waals surface area contributed by atoms with Crippen molar-refractivity contribution in [2.75, 3.05) is 6.54 Å². The number of hydrogen-bond acceptors (Lipinski definition) is 3. The Hall–Kier alpha value is -0.620. The molecule has 1 aromatic rings. The first kappa shape index (κ1) is 21.4. The fraction of sp³-hybridized carbons (Fsp3) is 0.625. The number of rotatable bonds is 4. The molecule has 0 aliphatic carbocycles. The minimum Gasteiger partial charge on any atom is -0.329 e. The first-order valence-electron chi connectivity index (χ1n) is 7.16. The molecule has 0 spiro atoms. The maximum atomic E-state index is 12.6. The van der Waals surface area contributed by atoms with Gasteiger partial charge in [0.1, 0.15) is 0 Å². The van der Waals surface area contributed by atoms with Crippen molar-refractivity contribution < 1.29 is 8.42 Å². The van der Waals surface area contributed by atoms with Gasteiger partial charge in [0.2, 0.25) is 10.0 Å². The number of nitrogens with two attached hydrogens (primary N) is 1. The summed E-state index contributed by atoms with van der Waals surface area (Å²) in [4.78, 5) is 0.358. The van der Waals surface area contributed by atoms with E-state index in [1.165, 1.54) is 0 Å². The van der Waals surface area contributed by atoms with Crippen LogP contribution in [0.4, 0.5) is 0 Å². The molecule has 0 saturated heterocycles. The summed E-state index contributed by atoms with van der Waals surface area (Å²) in [5.41, 5.74) is 7.61. The second-order valence-corrected chi connectivity index (χ2v) is 9.00. The molecule has 0 aromatic heterocycles. The van der Waals surface area contributed by atoms with Crippen molar-refractivity contribution in [2.24, 2.45) is 5.73 Å². The minimum absolute atomic E-state index is 0. The number of hydrogen-bond donors (Lipinski definition) is 2. The molecular formula is C16H29ClN2O2S. The molecule has 0 saturated carbocycles. The zero-order chi connectivity index (χ0) is 16.6. The van der Waals surface area contributed by atoms with Gasteiger partial charge in [-0.2, -0.15) is 0 Å². The summed E-state index contributed by atoms with van der Waals surface area (Å²) in [6.45, 7) is 13.8. The van der Waals surface area contributed by atoms with Gasteiger partial charge < -0.3 is 5.73 Å². The third kappa shape index (κ3) is 4.95. The number of sulfonamides is 1. The molecule has 3 N–H and O–H groups in total. The smallest absolute Gasteiger partial charge is 0.241 e. The highest BCUT2D eigenvalue weighted by molar-refractivity contribution is 7.89. The molecule has 0 atom stereocenters. The van der Waals surface area contributed by atoms with Crippen molar-refractivity contribution in [3.05, 3.63) is 28.8 Å². The molecule has 1 rings (SSSR count). The van der Waals surface area contributed by atoms with Crippen molar-refractivity contribution in [3.63, 3.8) is 0 Å². The van der Waals surface area contributed by atoms with Gasteiger partial charge in [0.05, 0.1) is 4.90 Å². The average molecular weight is 349 g/mol. The van der Waals surface area contributed by atoms with Gasteiger partial charge in [-0.25, -0.2) is 13.1 Å². The van der Waals surface area contributed by atoms with E-state index in [4.69, 9.17) is 5.73 Å². The predicted molar refractivity (Wildman–Crippen MR) is 95.3 cm³/mol. The lowest BCUT2D eigenvalue weighted by Crippen LogP contribution is -2.49. The van der Waals surface area contributed by atoms with Gasteiger partial charge in [-0.05, 0) is 49.8 Å². The topological polar surface area (TPSA) is 72.2 Å². The van der Waals surface area contributed by atoms with Gasteiger partial charge in [-0.3, -0.25) is 0 Å². The molecule has 6 heteroatoms. The molecule has 0 unspecified atom stereocenters. The number of nitrogens with one attached hydrogen (secondary N) is 1. The standard InChI is InChI=1S/C16H28N2O2S.ClH/c1-11-8-13(15(3,4)5)9-12(2)14(11)21(19,20)18-16(6,7)10-17;/h8-9,18H,10,17H2,1-7H3;1H. The van der Waals surface area contributed by atoms with E-state index in [1.807, 2.05) is 26.0 Å². The normalized spacial score (nSPS) is 12.9. The molecule has 0 bridgehead atoms. The lowest BCUT2D eigenvalue weighted by molar-refractivity contribution is 0.462. The molecule has 128 valence electrons. The lowest BCUT2D eigenvalue weighted by Gasteiger charge is -2.26. The third-order valence-corrected chi connectivity index (χ3v) is 5.52. The molecule has 0 radical (unpaired) electrons. The van der Waals surface area contributed by atoms with Crippen molar-refractivity contribution in [1.82, 2.24) is 4.72 Å². The minimum atomic E-state index is -3.58. The van der Waals surface area contributed by atoms with E-state index in [2.05, 4.69) is 25.5 Å². The van der Waals surface area contributed by atoms with E-state index in [1.54, 1.807) is 13.8 Å². The number of halogens is 1. The highest BCUT2D eigenvalue weighted by atomic mass is 35.5. The van der Waals surface area contributed by atoms with Crippen LogP contribution in [0.15, 0.2) is 17.0 Å². The van der Waals surface area contributed by atoms with Crippen LogP contribution in [-0.2, 0) is 15.4 Å². The van der Waals surface area contributed by atoms with Crippen LogP contribution < -0.4 is 10.5 Å². The predicted octanol–water partition coefficient (Wildman–Crippen LogP) is 3.04. The second-order valence-electron chi connectivity index (χ2n) is 7.38. The summed E-state index contributed by atoms with van der Waals surface area (Å²) in [7, 11) is -3.58. The Bertz CT molecular complexity index is 609. The van der Waals surface area contributed by atoms with Crippen LogP contribution in [0.1, 0.15) is 51.3 Å². The van der Waals surface area contributed by atoms with E-state index >= 15 is 0 Å². The Morgan fingerprint density at radius 3 is 1.77 bits per heavy atom.